The van der Waals surface area contributed by atoms with Crippen LogP contribution in [0.4, 0.5) is 4.79 Å². The highest BCUT2D eigenvalue weighted by atomic mass is 16.6. The van der Waals surface area contributed by atoms with Crippen molar-refractivity contribution in [2.45, 2.75) is 44.6 Å². The van der Waals surface area contributed by atoms with Crippen LogP contribution in [0.1, 0.15) is 38.5 Å². The van der Waals surface area contributed by atoms with Gasteiger partial charge >= 0.3 is 6.09 Å². The van der Waals surface area contributed by atoms with Crippen molar-refractivity contribution < 1.29 is 9.53 Å². The van der Waals surface area contributed by atoms with Crippen LogP contribution < -0.4 is 5.32 Å². The van der Waals surface area contributed by atoms with Gasteiger partial charge in [0.15, 0.2) is 0 Å². The van der Waals surface area contributed by atoms with E-state index in [9.17, 15) is 4.79 Å². The van der Waals surface area contributed by atoms with Crippen LogP contribution in [-0.2, 0) is 4.74 Å². The Kier molecular flexibility index (Phi) is 4.65. The number of hydrogen-bond acceptors (Lipinski definition) is 2. The molecule has 1 rings (SSSR count). The Balaban J connectivity index is 2.21. The van der Waals surface area contributed by atoms with Crippen molar-refractivity contribution in [1.82, 2.24) is 5.32 Å². The van der Waals surface area contributed by atoms with Gasteiger partial charge in [-0.1, -0.05) is 12.8 Å². The van der Waals surface area contributed by atoms with E-state index in [1.165, 1.54) is 25.7 Å². The van der Waals surface area contributed by atoms with Gasteiger partial charge in [0.25, 0.3) is 0 Å². The number of carbonyl (C=O) groups is 1. The lowest BCUT2D eigenvalue weighted by Crippen LogP contribution is -2.28. The van der Waals surface area contributed by atoms with Gasteiger partial charge in [-0.3, -0.25) is 0 Å². The van der Waals surface area contributed by atoms with Crippen molar-refractivity contribution >= 4 is 6.09 Å². The summed E-state index contributed by atoms with van der Waals surface area (Å²) in [5.41, 5.74) is 0. The minimum atomic E-state index is -0.318. The molecule has 3 nitrogen and oxygen atoms in total. The second-order valence-electron chi connectivity index (χ2n) is 3.45. The van der Waals surface area contributed by atoms with E-state index >= 15 is 0 Å². The van der Waals surface area contributed by atoms with Crippen molar-refractivity contribution in [2.24, 2.45) is 0 Å². The minimum absolute atomic E-state index is 0.133. The Morgan fingerprint density at radius 1 is 1.31 bits per heavy atom. The summed E-state index contributed by atoms with van der Waals surface area (Å²) in [6.07, 6.45) is 6.77. The summed E-state index contributed by atoms with van der Waals surface area (Å²) in [6.45, 7) is 3.92. The second-order valence-corrected chi connectivity index (χ2v) is 3.45. The van der Waals surface area contributed by atoms with Crippen LogP contribution in [0.3, 0.4) is 0 Å². The quantitative estimate of drug-likeness (QED) is 0.668. The minimum Gasteiger partial charge on any atom is -0.446 e. The summed E-state index contributed by atoms with van der Waals surface area (Å²) in [5, 5.41) is 2.54. The average Bonchev–Trinajstić information content (AvgIpc) is 2.33. The fourth-order valence-corrected chi connectivity index (χ4v) is 1.65. The van der Waals surface area contributed by atoms with Crippen molar-refractivity contribution in [1.29, 1.82) is 0 Å². The molecule has 0 unspecified atom stereocenters. The van der Waals surface area contributed by atoms with Gasteiger partial charge in [-0.15, -0.1) is 0 Å². The molecule has 0 saturated heterocycles. The molecule has 1 saturated carbocycles. The predicted octanol–water partition coefficient (Wildman–Crippen LogP) is 2.27. The number of rotatable bonds is 2. The molecule has 1 fully saturated rings. The zero-order valence-electron chi connectivity index (χ0n) is 8.05. The third-order valence-electron chi connectivity index (χ3n) is 2.35. The van der Waals surface area contributed by atoms with Crippen molar-refractivity contribution in [3.05, 3.63) is 6.92 Å². The lowest BCUT2D eigenvalue weighted by molar-refractivity contribution is 0.0896. The highest BCUT2D eigenvalue weighted by molar-refractivity contribution is 5.67. The summed E-state index contributed by atoms with van der Waals surface area (Å²) in [7, 11) is 0. The SMILES string of the molecule is [CH2]CNC(=O)OC1CCCCCC1. The molecule has 0 heterocycles. The highest BCUT2D eigenvalue weighted by Crippen LogP contribution is 2.19. The normalized spacial score (nSPS) is 19.2. The lowest BCUT2D eigenvalue weighted by Gasteiger charge is -2.15. The average molecular weight is 184 g/mol. The maximum atomic E-state index is 11.1. The predicted molar refractivity (Wildman–Crippen MR) is 51.3 cm³/mol. The molecule has 0 aliphatic heterocycles. The summed E-state index contributed by atoms with van der Waals surface area (Å²) in [5.74, 6) is 0. The molecule has 3 heteroatoms. The number of amides is 1. The van der Waals surface area contributed by atoms with Gasteiger partial charge in [0.1, 0.15) is 6.10 Å². The van der Waals surface area contributed by atoms with Crippen LogP contribution in [-0.4, -0.2) is 18.7 Å². The summed E-state index contributed by atoms with van der Waals surface area (Å²) >= 11 is 0. The summed E-state index contributed by atoms with van der Waals surface area (Å²) in [4.78, 5) is 11.1. The van der Waals surface area contributed by atoms with Gasteiger partial charge < -0.3 is 10.1 Å². The van der Waals surface area contributed by atoms with Gasteiger partial charge in [-0.25, -0.2) is 4.79 Å². The molecule has 1 aliphatic rings. The Hall–Kier alpha value is -0.730. The monoisotopic (exact) mass is 184 g/mol. The molecule has 0 bridgehead atoms. The first-order valence-corrected chi connectivity index (χ1v) is 5.06. The van der Waals surface area contributed by atoms with Gasteiger partial charge in [0.2, 0.25) is 0 Å². The molecule has 1 N–H and O–H groups in total. The molecule has 0 aromatic heterocycles. The van der Waals surface area contributed by atoms with Gasteiger partial charge in [-0.05, 0) is 32.6 Å². The molecule has 75 valence electrons. The Bertz CT molecular complexity index is 151. The van der Waals surface area contributed by atoms with E-state index in [1.807, 2.05) is 0 Å². The number of alkyl carbamates (subject to hydrolysis) is 1. The Labute approximate surface area is 79.8 Å². The van der Waals surface area contributed by atoms with Gasteiger partial charge in [0.05, 0.1) is 0 Å². The Morgan fingerprint density at radius 2 is 1.92 bits per heavy atom. The molecule has 0 aromatic rings. The first-order chi connectivity index (χ1) is 6.33. The molecule has 0 aromatic carbocycles. The number of ether oxygens (including phenoxy) is 1. The molecule has 1 aliphatic carbocycles. The van der Waals surface area contributed by atoms with Crippen LogP contribution >= 0.6 is 0 Å². The zero-order chi connectivity index (χ0) is 9.52. The van der Waals surface area contributed by atoms with Crippen LogP contribution in [0.15, 0.2) is 0 Å². The van der Waals surface area contributed by atoms with E-state index in [0.29, 0.717) is 6.54 Å². The molecular formula is C10H18NO2. The smallest absolute Gasteiger partial charge is 0.407 e. The van der Waals surface area contributed by atoms with E-state index < -0.39 is 0 Å². The van der Waals surface area contributed by atoms with Gasteiger partial charge in [-0.2, -0.15) is 0 Å². The fraction of sp³-hybridized carbons (Fsp3) is 0.800. The lowest BCUT2D eigenvalue weighted by atomic mass is 10.2. The molecule has 0 atom stereocenters. The zero-order valence-corrected chi connectivity index (χ0v) is 8.05. The van der Waals surface area contributed by atoms with Crippen LogP contribution in [0.25, 0.3) is 0 Å². The summed E-state index contributed by atoms with van der Waals surface area (Å²) in [6, 6.07) is 0. The van der Waals surface area contributed by atoms with Crippen molar-refractivity contribution in [2.75, 3.05) is 6.54 Å². The number of nitrogens with one attached hydrogen (secondary N) is 1. The molecular weight excluding hydrogens is 166 g/mol. The van der Waals surface area contributed by atoms with Crippen molar-refractivity contribution in [3.8, 4) is 0 Å². The highest BCUT2D eigenvalue weighted by Gasteiger charge is 2.15. The third-order valence-corrected chi connectivity index (χ3v) is 2.35. The van der Waals surface area contributed by atoms with E-state index in [0.717, 1.165) is 12.8 Å². The first-order valence-electron chi connectivity index (χ1n) is 5.06. The van der Waals surface area contributed by atoms with E-state index in [2.05, 4.69) is 12.2 Å². The fourth-order valence-electron chi connectivity index (χ4n) is 1.65. The largest absolute Gasteiger partial charge is 0.446 e. The molecule has 1 amide bonds. The molecule has 0 spiro atoms. The topological polar surface area (TPSA) is 38.3 Å². The van der Waals surface area contributed by atoms with E-state index in [-0.39, 0.29) is 12.2 Å². The maximum absolute atomic E-state index is 11.1. The number of carbonyl (C=O) groups excluding carboxylic acids is 1. The van der Waals surface area contributed by atoms with Crippen molar-refractivity contribution in [3.63, 3.8) is 0 Å². The van der Waals surface area contributed by atoms with Crippen LogP contribution in [0, 0.1) is 6.92 Å². The van der Waals surface area contributed by atoms with Gasteiger partial charge in [0, 0.05) is 6.54 Å². The summed E-state index contributed by atoms with van der Waals surface area (Å²) < 4.78 is 5.22. The van der Waals surface area contributed by atoms with E-state index in [4.69, 9.17) is 4.74 Å². The van der Waals surface area contributed by atoms with Crippen LogP contribution in [0.2, 0.25) is 0 Å². The standard InChI is InChI=1S/C10H18NO2/c1-2-11-10(12)13-9-7-5-3-4-6-8-9/h9H,1-8H2,(H,11,12). The number of hydrogen-bond donors (Lipinski definition) is 1. The second kappa shape index (κ2) is 5.84. The molecule has 13 heavy (non-hydrogen) atoms. The third kappa shape index (κ3) is 4.15. The Morgan fingerprint density at radius 3 is 2.46 bits per heavy atom. The van der Waals surface area contributed by atoms with E-state index in [1.54, 1.807) is 0 Å². The van der Waals surface area contributed by atoms with Crippen LogP contribution in [0.5, 0.6) is 0 Å². The first kappa shape index (κ1) is 10.4. The molecule has 1 radical (unpaired) electrons. The maximum Gasteiger partial charge on any atom is 0.407 e.